The number of sulfonamides is 1. The summed E-state index contributed by atoms with van der Waals surface area (Å²) < 4.78 is 41.3. The second kappa shape index (κ2) is 10.2. The minimum absolute atomic E-state index is 0.0406. The fourth-order valence-electron chi connectivity index (χ4n) is 2.41. The van der Waals surface area contributed by atoms with Gasteiger partial charge in [-0.05, 0) is 19.8 Å². The molecule has 9 heteroatoms. The van der Waals surface area contributed by atoms with Crippen LogP contribution in [0.3, 0.4) is 0 Å². The van der Waals surface area contributed by atoms with Crippen molar-refractivity contribution in [1.82, 2.24) is 4.31 Å². The molecule has 2 unspecified atom stereocenters. The Morgan fingerprint density at radius 2 is 1.74 bits per heavy atom. The van der Waals surface area contributed by atoms with Gasteiger partial charge in [0, 0.05) is 19.7 Å². The minimum Gasteiger partial charge on any atom is -0.481 e. The van der Waals surface area contributed by atoms with Crippen molar-refractivity contribution < 1.29 is 32.5 Å². The van der Waals surface area contributed by atoms with Gasteiger partial charge in [0.05, 0.1) is 44.7 Å². The molecule has 0 aromatic heterocycles. The van der Waals surface area contributed by atoms with Gasteiger partial charge in [0.1, 0.15) is 0 Å². The molecule has 1 fully saturated rings. The summed E-state index contributed by atoms with van der Waals surface area (Å²) in [4.78, 5) is 11.1. The van der Waals surface area contributed by atoms with Gasteiger partial charge >= 0.3 is 5.97 Å². The Hall–Kier alpha value is -0.740. The first-order chi connectivity index (χ1) is 10.9. The molecule has 0 aromatic rings. The van der Waals surface area contributed by atoms with Crippen molar-refractivity contribution in [2.45, 2.75) is 25.8 Å². The summed E-state index contributed by atoms with van der Waals surface area (Å²) in [6, 6.07) is -0.173. The van der Waals surface area contributed by atoms with E-state index in [9.17, 15) is 13.2 Å². The lowest BCUT2D eigenvalue weighted by Gasteiger charge is -2.35. The van der Waals surface area contributed by atoms with E-state index < -0.39 is 21.9 Å². The van der Waals surface area contributed by atoms with Crippen molar-refractivity contribution in [1.29, 1.82) is 0 Å². The van der Waals surface area contributed by atoms with Crippen LogP contribution < -0.4 is 0 Å². The smallest absolute Gasteiger partial charge is 0.307 e. The third-order valence-corrected chi connectivity index (χ3v) is 5.73. The minimum atomic E-state index is -3.52. The predicted octanol–water partition coefficient (Wildman–Crippen LogP) is 0.181. The van der Waals surface area contributed by atoms with Crippen molar-refractivity contribution in [2.24, 2.45) is 5.92 Å². The molecule has 1 aliphatic heterocycles. The largest absolute Gasteiger partial charge is 0.481 e. The molecule has 0 spiro atoms. The first kappa shape index (κ1) is 20.3. The van der Waals surface area contributed by atoms with Crippen LogP contribution in [-0.4, -0.2) is 82.3 Å². The topological polar surface area (TPSA) is 102 Å². The SMILES string of the molecule is COCCOCCOCCS(=O)(=O)N1CC(C(=O)O)CCC1C. The summed E-state index contributed by atoms with van der Waals surface area (Å²) in [5, 5.41) is 9.07. The number of methoxy groups -OCH3 is 1. The molecule has 0 aliphatic carbocycles. The molecule has 0 aromatic carbocycles. The number of rotatable bonds is 11. The van der Waals surface area contributed by atoms with Gasteiger partial charge in [0.15, 0.2) is 0 Å². The molecular weight excluding hydrogens is 326 g/mol. The molecule has 23 heavy (non-hydrogen) atoms. The third kappa shape index (κ3) is 7.13. The monoisotopic (exact) mass is 353 g/mol. The number of carboxylic acid groups (broad SMARTS) is 1. The average molecular weight is 353 g/mol. The molecule has 0 bridgehead atoms. The van der Waals surface area contributed by atoms with Crippen LogP contribution >= 0.6 is 0 Å². The Morgan fingerprint density at radius 3 is 2.35 bits per heavy atom. The van der Waals surface area contributed by atoms with E-state index in [1.54, 1.807) is 14.0 Å². The average Bonchev–Trinajstić information content (AvgIpc) is 2.50. The predicted molar refractivity (Wildman–Crippen MR) is 83.8 cm³/mol. The highest BCUT2D eigenvalue weighted by atomic mass is 32.2. The van der Waals surface area contributed by atoms with Gasteiger partial charge < -0.3 is 19.3 Å². The molecule has 0 saturated carbocycles. The van der Waals surface area contributed by atoms with Gasteiger partial charge in [-0.1, -0.05) is 0 Å². The fourth-order valence-corrected chi connectivity index (χ4v) is 4.03. The molecule has 1 heterocycles. The second-order valence-corrected chi connectivity index (χ2v) is 7.61. The summed E-state index contributed by atoms with van der Waals surface area (Å²) >= 11 is 0. The van der Waals surface area contributed by atoms with E-state index in [1.165, 1.54) is 4.31 Å². The standard InChI is InChI=1S/C14H27NO7S/c1-12-3-4-13(14(16)17)11-15(12)23(18,19)10-9-22-8-7-21-6-5-20-2/h12-13H,3-11H2,1-2H3,(H,16,17). The summed E-state index contributed by atoms with van der Waals surface area (Å²) in [5.74, 6) is -1.72. The van der Waals surface area contributed by atoms with Gasteiger partial charge in [-0.3, -0.25) is 4.79 Å². The first-order valence-electron chi connectivity index (χ1n) is 7.75. The van der Waals surface area contributed by atoms with Crippen LogP contribution in [0.1, 0.15) is 19.8 Å². The van der Waals surface area contributed by atoms with Crippen molar-refractivity contribution in [3.05, 3.63) is 0 Å². The zero-order valence-electron chi connectivity index (χ0n) is 13.8. The van der Waals surface area contributed by atoms with Crippen LogP contribution in [0.2, 0.25) is 0 Å². The van der Waals surface area contributed by atoms with E-state index in [-0.39, 0.29) is 24.9 Å². The van der Waals surface area contributed by atoms with Crippen molar-refractivity contribution in [3.8, 4) is 0 Å². The van der Waals surface area contributed by atoms with Gasteiger partial charge in [0.2, 0.25) is 10.0 Å². The van der Waals surface area contributed by atoms with E-state index in [0.717, 1.165) is 0 Å². The Kier molecular flexibility index (Phi) is 9.00. The molecule has 1 saturated heterocycles. The Labute approximate surface area is 137 Å². The lowest BCUT2D eigenvalue weighted by atomic mass is 9.96. The van der Waals surface area contributed by atoms with Gasteiger partial charge in [0.25, 0.3) is 0 Å². The number of hydrogen-bond acceptors (Lipinski definition) is 6. The lowest BCUT2D eigenvalue weighted by molar-refractivity contribution is -0.143. The number of carbonyl (C=O) groups is 1. The van der Waals surface area contributed by atoms with Gasteiger partial charge in [-0.2, -0.15) is 4.31 Å². The van der Waals surface area contributed by atoms with E-state index in [2.05, 4.69) is 0 Å². The third-order valence-electron chi connectivity index (χ3n) is 3.82. The summed E-state index contributed by atoms with van der Waals surface area (Å²) in [6.07, 6.45) is 1.07. The molecule has 136 valence electrons. The molecule has 0 amide bonds. The number of aliphatic carboxylic acids is 1. The second-order valence-electron chi connectivity index (χ2n) is 5.56. The maximum Gasteiger partial charge on any atom is 0.307 e. The Bertz CT molecular complexity index is 454. The van der Waals surface area contributed by atoms with Crippen molar-refractivity contribution in [3.63, 3.8) is 0 Å². The lowest BCUT2D eigenvalue weighted by Crippen LogP contribution is -2.48. The zero-order valence-corrected chi connectivity index (χ0v) is 14.6. The first-order valence-corrected chi connectivity index (χ1v) is 9.36. The Balaban J connectivity index is 2.32. The van der Waals surface area contributed by atoms with Crippen molar-refractivity contribution in [2.75, 3.05) is 52.4 Å². The molecule has 1 rings (SSSR count). The van der Waals surface area contributed by atoms with E-state index >= 15 is 0 Å². The van der Waals surface area contributed by atoms with E-state index in [1.807, 2.05) is 0 Å². The van der Waals surface area contributed by atoms with Crippen LogP contribution in [0.25, 0.3) is 0 Å². The highest BCUT2D eigenvalue weighted by molar-refractivity contribution is 7.89. The Morgan fingerprint density at radius 1 is 1.13 bits per heavy atom. The maximum absolute atomic E-state index is 12.3. The molecular formula is C14H27NO7S. The summed E-state index contributed by atoms with van der Waals surface area (Å²) in [6.45, 7) is 3.58. The van der Waals surface area contributed by atoms with Crippen LogP contribution in [-0.2, 0) is 29.0 Å². The number of piperidine rings is 1. The summed E-state index contributed by atoms with van der Waals surface area (Å²) in [7, 11) is -1.93. The molecule has 0 radical (unpaired) electrons. The van der Waals surface area contributed by atoms with Gasteiger partial charge in [-0.25, -0.2) is 8.42 Å². The van der Waals surface area contributed by atoms with E-state index in [0.29, 0.717) is 39.3 Å². The highest BCUT2D eigenvalue weighted by Crippen LogP contribution is 2.24. The van der Waals surface area contributed by atoms with E-state index in [4.69, 9.17) is 19.3 Å². The zero-order chi connectivity index (χ0) is 17.3. The maximum atomic E-state index is 12.3. The van der Waals surface area contributed by atoms with Crippen LogP contribution in [0.4, 0.5) is 0 Å². The molecule has 1 N–H and O–H groups in total. The number of carboxylic acids is 1. The number of nitrogens with zero attached hydrogens (tertiary/aromatic N) is 1. The molecule has 8 nitrogen and oxygen atoms in total. The van der Waals surface area contributed by atoms with Crippen LogP contribution in [0, 0.1) is 5.92 Å². The van der Waals surface area contributed by atoms with Crippen molar-refractivity contribution >= 4 is 16.0 Å². The normalized spacial score (nSPS) is 23.0. The van der Waals surface area contributed by atoms with Crippen LogP contribution in [0.15, 0.2) is 0 Å². The summed E-state index contributed by atoms with van der Waals surface area (Å²) in [5.41, 5.74) is 0. The molecule has 2 atom stereocenters. The number of ether oxygens (including phenoxy) is 3. The van der Waals surface area contributed by atoms with Gasteiger partial charge in [-0.15, -0.1) is 0 Å². The quantitative estimate of drug-likeness (QED) is 0.529. The molecule has 1 aliphatic rings. The fraction of sp³-hybridized carbons (Fsp3) is 0.929. The van der Waals surface area contributed by atoms with Crippen LogP contribution in [0.5, 0.6) is 0 Å². The highest BCUT2D eigenvalue weighted by Gasteiger charge is 2.36. The number of hydrogen-bond donors (Lipinski definition) is 1.